The van der Waals surface area contributed by atoms with Gasteiger partial charge in [-0.3, -0.25) is 0 Å². The SMILES string of the molecule is Cc1cc(F)ccc1/C=C1/CCCNC1. The minimum absolute atomic E-state index is 0.156. The monoisotopic (exact) mass is 205 g/mol. The average molecular weight is 205 g/mol. The van der Waals surface area contributed by atoms with E-state index in [9.17, 15) is 4.39 Å². The van der Waals surface area contributed by atoms with Crippen LogP contribution in [0.2, 0.25) is 0 Å². The molecule has 1 nitrogen and oxygen atoms in total. The lowest BCUT2D eigenvalue weighted by Crippen LogP contribution is -2.23. The first-order chi connectivity index (χ1) is 7.25. The van der Waals surface area contributed by atoms with Crippen LogP contribution in [0.1, 0.15) is 24.0 Å². The molecule has 1 aliphatic heterocycles. The molecule has 0 unspecified atom stereocenters. The van der Waals surface area contributed by atoms with Gasteiger partial charge in [-0.1, -0.05) is 17.7 Å². The summed E-state index contributed by atoms with van der Waals surface area (Å²) in [6, 6.07) is 4.96. The van der Waals surface area contributed by atoms with Crippen LogP contribution < -0.4 is 5.32 Å². The third-order valence-electron chi connectivity index (χ3n) is 2.79. The van der Waals surface area contributed by atoms with Crippen LogP contribution in [0.15, 0.2) is 23.8 Å². The average Bonchev–Trinajstić information content (AvgIpc) is 2.24. The third kappa shape index (κ3) is 2.66. The van der Waals surface area contributed by atoms with Crippen LogP contribution in [0, 0.1) is 12.7 Å². The highest BCUT2D eigenvalue weighted by Crippen LogP contribution is 2.17. The fraction of sp³-hybridized carbons (Fsp3) is 0.385. The Bertz CT molecular complexity index is 374. The summed E-state index contributed by atoms with van der Waals surface area (Å²) in [7, 11) is 0. The van der Waals surface area contributed by atoms with Crippen LogP contribution in [0.3, 0.4) is 0 Å². The molecule has 0 bridgehead atoms. The highest BCUT2D eigenvalue weighted by atomic mass is 19.1. The second-order valence-corrected chi connectivity index (χ2v) is 4.08. The molecule has 1 aliphatic rings. The number of aryl methyl sites for hydroxylation is 1. The number of halogens is 1. The van der Waals surface area contributed by atoms with Gasteiger partial charge in [0.2, 0.25) is 0 Å². The molecule has 1 N–H and O–H groups in total. The van der Waals surface area contributed by atoms with Gasteiger partial charge in [-0.2, -0.15) is 0 Å². The highest BCUT2D eigenvalue weighted by molar-refractivity contribution is 5.57. The van der Waals surface area contributed by atoms with Crippen molar-refractivity contribution in [2.45, 2.75) is 19.8 Å². The predicted molar refractivity (Wildman–Crippen MR) is 61.2 cm³/mol. The number of hydrogen-bond donors (Lipinski definition) is 1. The first-order valence-corrected chi connectivity index (χ1v) is 5.42. The number of rotatable bonds is 1. The van der Waals surface area contributed by atoms with E-state index in [1.54, 1.807) is 6.07 Å². The van der Waals surface area contributed by atoms with E-state index >= 15 is 0 Å². The molecule has 1 saturated heterocycles. The Morgan fingerprint density at radius 1 is 1.40 bits per heavy atom. The van der Waals surface area contributed by atoms with Crippen LogP contribution >= 0.6 is 0 Å². The minimum atomic E-state index is -0.156. The summed E-state index contributed by atoms with van der Waals surface area (Å²) < 4.78 is 12.9. The molecule has 0 saturated carbocycles. The zero-order chi connectivity index (χ0) is 10.7. The van der Waals surface area contributed by atoms with Gasteiger partial charge in [0.25, 0.3) is 0 Å². The summed E-state index contributed by atoms with van der Waals surface area (Å²) in [5.41, 5.74) is 3.55. The molecule has 1 fully saturated rings. The smallest absolute Gasteiger partial charge is 0.123 e. The predicted octanol–water partition coefficient (Wildman–Crippen LogP) is 2.90. The second kappa shape index (κ2) is 4.58. The molecule has 2 heteroatoms. The van der Waals surface area contributed by atoms with Crippen molar-refractivity contribution in [2.24, 2.45) is 0 Å². The summed E-state index contributed by atoms with van der Waals surface area (Å²) in [6.45, 7) is 4.03. The molecule has 0 aromatic heterocycles. The van der Waals surface area contributed by atoms with Crippen molar-refractivity contribution >= 4 is 6.08 Å². The molecule has 0 atom stereocenters. The van der Waals surface area contributed by atoms with E-state index in [0.717, 1.165) is 30.6 Å². The Balaban J connectivity index is 2.22. The topological polar surface area (TPSA) is 12.0 Å². The second-order valence-electron chi connectivity index (χ2n) is 4.08. The Kier molecular flexibility index (Phi) is 3.17. The molecule has 1 aromatic rings. The lowest BCUT2D eigenvalue weighted by atomic mass is 10.0. The van der Waals surface area contributed by atoms with E-state index in [2.05, 4.69) is 11.4 Å². The van der Waals surface area contributed by atoms with Gasteiger partial charge in [-0.05, 0) is 49.6 Å². The quantitative estimate of drug-likeness (QED) is 0.743. The Morgan fingerprint density at radius 3 is 2.93 bits per heavy atom. The van der Waals surface area contributed by atoms with Gasteiger partial charge in [0.05, 0.1) is 0 Å². The largest absolute Gasteiger partial charge is 0.313 e. The first-order valence-electron chi connectivity index (χ1n) is 5.42. The molecular weight excluding hydrogens is 189 g/mol. The van der Waals surface area contributed by atoms with E-state index < -0.39 is 0 Å². The van der Waals surface area contributed by atoms with E-state index in [0.29, 0.717) is 0 Å². The molecule has 0 radical (unpaired) electrons. The maximum absolute atomic E-state index is 12.9. The molecule has 2 rings (SSSR count). The molecule has 80 valence electrons. The number of piperidine rings is 1. The van der Waals surface area contributed by atoms with Gasteiger partial charge in [-0.15, -0.1) is 0 Å². The molecular formula is C13H16FN. The summed E-state index contributed by atoms with van der Waals surface area (Å²) in [5, 5.41) is 3.34. The molecule has 1 heterocycles. The fourth-order valence-electron chi connectivity index (χ4n) is 1.92. The van der Waals surface area contributed by atoms with Gasteiger partial charge in [0, 0.05) is 6.54 Å². The van der Waals surface area contributed by atoms with Crippen molar-refractivity contribution < 1.29 is 4.39 Å². The van der Waals surface area contributed by atoms with Gasteiger partial charge < -0.3 is 5.32 Å². The van der Waals surface area contributed by atoms with Crippen molar-refractivity contribution in [3.8, 4) is 0 Å². The lowest BCUT2D eigenvalue weighted by Gasteiger charge is -2.15. The maximum atomic E-state index is 12.9. The van der Waals surface area contributed by atoms with Crippen LogP contribution in [0.5, 0.6) is 0 Å². The number of benzene rings is 1. The number of hydrogen-bond acceptors (Lipinski definition) is 1. The van der Waals surface area contributed by atoms with E-state index in [4.69, 9.17) is 0 Å². The molecule has 0 spiro atoms. The van der Waals surface area contributed by atoms with Crippen molar-refractivity contribution in [1.29, 1.82) is 0 Å². The first kappa shape index (κ1) is 10.4. The molecule has 1 aromatic carbocycles. The Morgan fingerprint density at radius 2 is 2.27 bits per heavy atom. The lowest BCUT2D eigenvalue weighted by molar-refractivity contribution is 0.613. The van der Waals surface area contributed by atoms with Gasteiger partial charge in [0.1, 0.15) is 5.82 Å². The van der Waals surface area contributed by atoms with Crippen LogP contribution in [0.4, 0.5) is 4.39 Å². The fourth-order valence-corrected chi connectivity index (χ4v) is 1.92. The van der Waals surface area contributed by atoms with Crippen molar-refractivity contribution in [2.75, 3.05) is 13.1 Å². The zero-order valence-corrected chi connectivity index (χ0v) is 9.02. The summed E-state index contributed by atoms with van der Waals surface area (Å²) in [6.07, 6.45) is 4.54. The molecule has 0 aliphatic carbocycles. The van der Waals surface area contributed by atoms with Crippen molar-refractivity contribution in [3.05, 3.63) is 40.7 Å². The van der Waals surface area contributed by atoms with E-state index in [1.807, 2.05) is 13.0 Å². The highest BCUT2D eigenvalue weighted by Gasteiger charge is 2.05. The third-order valence-corrected chi connectivity index (χ3v) is 2.79. The maximum Gasteiger partial charge on any atom is 0.123 e. The van der Waals surface area contributed by atoms with Crippen LogP contribution in [0.25, 0.3) is 6.08 Å². The van der Waals surface area contributed by atoms with Crippen molar-refractivity contribution in [1.82, 2.24) is 5.32 Å². The minimum Gasteiger partial charge on any atom is -0.313 e. The zero-order valence-electron chi connectivity index (χ0n) is 9.02. The normalized spacial score (nSPS) is 19.5. The van der Waals surface area contributed by atoms with E-state index in [1.165, 1.54) is 18.1 Å². The van der Waals surface area contributed by atoms with Gasteiger partial charge >= 0.3 is 0 Å². The standard InChI is InChI=1S/C13H16FN/c1-10-7-13(14)5-4-12(10)8-11-3-2-6-15-9-11/h4-5,7-8,15H,2-3,6,9H2,1H3/b11-8-. The summed E-state index contributed by atoms with van der Waals surface area (Å²) in [5.74, 6) is -0.156. The summed E-state index contributed by atoms with van der Waals surface area (Å²) in [4.78, 5) is 0. The van der Waals surface area contributed by atoms with Crippen LogP contribution in [-0.2, 0) is 0 Å². The van der Waals surface area contributed by atoms with Gasteiger partial charge in [-0.25, -0.2) is 4.39 Å². The van der Waals surface area contributed by atoms with Crippen molar-refractivity contribution in [3.63, 3.8) is 0 Å². The molecule has 0 amide bonds. The number of nitrogens with one attached hydrogen (secondary N) is 1. The molecule has 15 heavy (non-hydrogen) atoms. The Hall–Kier alpha value is -1.15. The Labute approximate surface area is 90.0 Å². The van der Waals surface area contributed by atoms with E-state index in [-0.39, 0.29) is 5.82 Å². The van der Waals surface area contributed by atoms with Crippen LogP contribution in [-0.4, -0.2) is 13.1 Å². The van der Waals surface area contributed by atoms with Gasteiger partial charge in [0.15, 0.2) is 0 Å². The summed E-state index contributed by atoms with van der Waals surface area (Å²) >= 11 is 0.